The first-order chi connectivity index (χ1) is 9.82. The van der Waals surface area contributed by atoms with Crippen molar-refractivity contribution in [2.24, 2.45) is 5.92 Å². The highest BCUT2D eigenvalue weighted by Crippen LogP contribution is 2.53. The fraction of sp³-hybridized carbons (Fsp3) is 0.267. The lowest BCUT2D eigenvalue weighted by Gasteiger charge is -2.33. The van der Waals surface area contributed by atoms with Gasteiger partial charge in [0.15, 0.2) is 9.99 Å². The molecule has 0 aliphatic heterocycles. The zero-order valence-corrected chi connectivity index (χ0v) is 13.5. The Balaban J connectivity index is 2.33. The number of alkyl halides is 1. The number of fused-ring (bicyclic) bond motifs is 2. The third-order valence-electron chi connectivity index (χ3n) is 4.07. The standard InChI is InChI=1S/C15H12Cl2O3S/c1-2-9-7-8-11-10-5-3-4-6-12(10)14(18)13(11)15(9,16)21(17,19)20/h3-9H,2H2,1H3. The molecule has 3 rings (SSSR count). The van der Waals surface area contributed by atoms with Gasteiger partial charge in [0.2, 0.25) is 0 Å². The van der Waals surface area contributed by atoms with Crippen molar-refractivity contribution in [1.29, 1.82) is 0 Å². The molecule has 0 radical (unpaired) electrons. The van der Waals surface area contributed by atoms with Crippen LogP contribution in [0, 0.1) is 5.92 Å². The van der Waals surface area contributed by atoms with Crippen LogP contribution in [-0.4, -0.2) is 18.4 Å². The van der Waals surface area contributed by atoms with E-state index in [1.807, 2.05) is 6.92 Å². The maximum atomic E-state index is 12.7. The summed E-state index contributed by atoms with van der Waals surface area (Å²) in [5.41, 5.74) is 1.80. The first kappa shape index (κ1) is 14.8. The Kier molecular flexibility index (Phi) is 3.32. The van der Waals surface area contributed by atoms with Gasteiger partial charge < -0.3 is 0 Å². The van der Waals surface area contributed by atoms with Crippen LogP contribution in [-0.2, 0) is 9.05 Å². The quantitative estimate of drug-likeness (QED) is 0.607. The van der Waals surface area contributed by atoms with Gasteiger partial charge in [-0.15, -0.1) is 0 Å². The summed E-state index contributed by atoms with van der Waals surface area (Å²) in [7, 11) is 1.44. The van der Waals surface area contributed by atoms with Gasteiger partial charge in [0.25, 0.3) is 9.05 Å². The van der Waals surface area contributed by atoms with Crippen LogP contribution in [0.5, 0.6) is 0 Å². The monoisotopic (exact) mass is 342 g/mol. The summed E-state index contributed by atoms with van der Waals surface area (Å²) < 4.78 is 22.3. The summed E-state index contributed by atoms with van der Waals surface area (Å²) in [6.45, 7) is 1.81. The molecule has 0 saturated carbocycles. The van der Waals surface area contributed by atoms with Crippen LogP contribution in [0.1, 0.15) is 29.3 Å². The van der Waals surface area contributed by atoms with Gasteiger partial charge in [0, 0.05) is 27.7 Å². The number of hydrogen-bond acceptors (Lipinski definition) is 3. The fourth-order valence-corrected chi connectivity index (χ4v) is 5.08. The maximum Gasteiger partial charge on any atom is 0.257 e. The second-order valence-corrected chi connectivity index (χ2v) is 8.68. The van der Waals surface area contributed by atoms with Gasteiger partial charge in [0.05, 0.1) is 0 Å². The first-order valence-electron chi connectivity index (χ1n) is 6.52. The molecule has 0 fully saturated rings. The summed E-state index contributed by atoms with van der Waals surface area (Å²) in [5, 5.41) is 0. The van der Waals surface area contributed by atoms with Crippen molar-refractivity contribution in [1.82, 2.24) is 0 Å². The topological polar surface area (TPSA) is 51.2 Å². The Morgan fingerprint density at radius 2 is 1.86 bits per heavy atom. The van der Waals surface area contributed by atoms with E-state index in [0.717, 1.165) is 0 Å². The molecule has 0 amide bonds. The average Bonchev–Trinajstić information content (AvgIpc) is 2.73. The van der Waals surface area contributed by atoms with Crippen molar-refractivity contribution in [2.45, 2.75) is 17.6 Å². The van der Waals surface area contributed by atoms with Crippen molar-refractivity contribution in [3.63, 3.8) is 0 Å². The summed E-state index contributed by atoms with van der Waals surface area (Å²) in [6.07, 6.45) is 3.96. The van der Waals surface area contributed by atoms with Gasteiger partial charge in [-0.3, -0.25) is 4.79 Å². The number of ketones is 1. The van der Waals surface area contributed by atoms with Crippen LogP contribution in [0.2, 0.25) is 0 Å². The molecule has 0 spiro atoms. The lowest BCUT2D eigenvalue weighted by molar-refractivity contribution is 0.103. The number of allylic oxidation sites excluding steroid dienone is 3. The van der Waals surface area contributed by atoms with Crippen LogP contribution >= 0.6 is 22.3 Å². The SMILES string of the molecule is CCC1C=CC2=C(C(=O)c3ccccc32)C1(Cl)S(=O)(=O)Cl. The molecule has 0 bridgehead atoms. The molecule has 0 aromatic heterocycles. The zero-order chi connectivity index (χ0) is 15.4. The number of carbonyl (C=O) groups is 1. The van der Waals surface area contributed by atoms with Crippen LogP contribution in [0.4, 0.5) is 0 Å². The molecule has 1 aromatic rings. The van der Waals surface area contributed by atoms with E-state index in [9.17, 15) is 13.2 Å². The van der Waals surface area contributed by atoms with E-state index >= 15 is 0 Å². The normalized spacial score (nSPS) is 27.8. The molecule has 2 atom stereocenters. The Bertz CT molecular complexity index is 808. The highest BCUT2D eigenvalue weighted by molar-refractivity contribution is 8.16. The van der Waals surface area contributed by atoms with E-state index in [-0.39, 0.29) is 11.4 Å². The zero-order valence-electron chi connectivity index (χ0n) is 11.1. The van der Waals surface area contributed by atoms with Gasteiger partial charge in [-0.05, 0) is 17.6 Å². The second-order valence-electron chi connectivity index (χ2n) is 5.12. The van der Waals surface area contributed by atoms with Crippen molar-refractivity contribution < 1.29 is 13.2 Å². The molecular weight excluding hydrogens is 331 g/mol. The predicted molar refractivity (Wildman–Crippen MR) is 84.0 cm³/mol. The average molecular weight is 343 g/mol. The molecule has 3 nitrogen and oxygen atoms in total. The number of benzene rings is 1. The third kappa shape index (κ3) is 1.86. The summed E-state index contributed by atoms with van der Waals surface area (Å²) in [5.74, 6) is -0.902. The van der Waals surface area contributed by atoms with Crippen LogP contribution in [0.3, 0.4) is 0 Å². The van der Waals surface area contributed by atoms with Gasteiger partial charge in [-0.25, -0.2) is 8.42 Å². The number of hydrogen-bond donors (Lipinski definition) is 0. The lowest BCUT2D eigenvalue weighted by Crippen LogP contribution is -2.42. The van der Waals surface area contributed by atoms with Crippen molar-refractivity contribution in [3.8, 4) is 0 Å². The molecule has 0 heterocycles. The van der Waals surface area contributed by atoms with E-state index in [0.29, 0.717) is 23.1 Å². The van der Waals surface area contributed by atoms with E-state index in [4.69, 9.17) is 22.3 Å². The van der Waals surface area contributed by atoms with Crippen molar-refractivity contribution >= 4 is 42.7 Å². The molecule has 1 aromatic carbocycles. The van der Waals surface area contributed by atoms with Gasteiger partial charge >= 0.3 is 0 Å². The Morgan fingerprint density at radius 1 is 1.24 bits per heavy atom. The highest BCUT2D eigenvalue weighted by atomic mass is 35.7. The van der Waals surface area contributed by atoms with Crippen molar-refractivity contribution in [2.75, 3.05) is 0 Å². The first-order valence-corrected chi connectivity index (χ1v) is 9.21. The van der Waals surface area contributed by atoms with E-state index in [1.165, 1.54) is 0 Å². The van der Waals surface area contributed by atoms with Crippen LogP contribution in [0.25, 0.3) is 5.57 Å². The van der Waals surface area contributed by atoms with Gasteiger partial charge in [-0.1, -0.05) is 54.9 Å². The van der Waals surface area contributed by atoms with Crippen LogP contribution in [0.15, 0.2) is 42.0 Å². The number of Topliss-reactive ketones (excluding diaryl/α,β-unsaturated/α-hetero) is 1. The van der Waals surface area contributed by atoms with Gasteiger partial charge in [-0.2, -0.15) is 0 Å². The molecule has 2 aliphatic rings. The molecule has 0 saturated heterocycles. The smallest absolute Gasteiger partial charge is 0.257 e. The highest BCUT2D eigenvalue weighted by Gasteiger charge is 2.56. The summed E-state index contributed by atoms with van der Waals surface area (Å²) in [4.78, 5) is 12.7. The minimum atomic E-state index is -4.18. The minimum Gasteiger partial charge on any atom is -0.289 e. The van der Waals surface area contributed by atoms with E-state index in [2.05, 4.69) is 0 Å². The number of carbonyl (C=O) groups excluding carboxylic acids is 1. The summed E-state index contributed by atoms with van der Waals surface area (Å²) >= 11 is 6.45. The largest absolute Gasteiger partial charge is 0.289 e. The molecular formula is C15H12Cl2O3S. The Hall–Kier alpha value is -1.10. The fourth-order valence-electron chi connectivity index (χ4n) is 3.04. The molecule has 2 aliphatic carbocycles. The molecule has 6 heteroatoms. The molecule has 110 valence electrons. The Morgan fingerprint density at radius 3 is 2.43 bits per heavy atom. The van der Waals surface area contributed by atoms with Crippen molar-refractivity contribution in [3.05, 3.63) is 53.1 Å². The third-order valence-corrected chi connectivity index (χ3v) is 7.33. The van der Waals surface area contributed by atoms with E-state index in [1.54, 1.807) is 36.4 Å². The summed E-state index contributed by atoms with van der Waals surface area (Å²) in [6, 6.07) is 6.99. The molecule has 2 unspecified atom stereocenters. The maximum absolute atomic E-state index is 12.7. The van der Waals surface area contributed by atoms with Gasteiger partial charge in [0.1, 0.15) is 0 Å². The number of halogens is 2. The Labute approximate surface area is 132 Å². The second kappa shape index (κ2) is 4.70. The number of rotatable bonds is 2. The lowest BCUT2D eigenvalue weighted by atomic mass is 9.87. The van der Waals surface area contributed by atoms with E-state index < -0.39 is 19.2 Å². The molecule has 0 N–H and O–H groups in total. The van der Waals surface area contributed by atoms with Crippen LogP contribution < -0.4 is 0 Å². The molecule has 21 heavy (non-hydrogen) atoms. The predicted octanol–water partition coefficient (Wildman–Crippen LogP) is 3.74. The minimum absolute atomic E-state index is 0.0784.